The second-order valence-corrected chi connectivity index (χ2v) is 5.38. The Balaban J connectivity index is 2.08. The summed E-state index contributed by atoms with van der Waals surface area (Å²) in [5.74, 6) is -0.374. The van der Waals surface area contributed by atoms with Crippen LogP contribution in [0.25, 0.3) is 5.69 Å². The van der Waals surface area contributed by atoms with Crippen LogP contribution in [-0.2, 0) is 13.0 Å². The van der Waals surface area contributed by atoms with Gasteiger partial charge in [0.2, 0.25) is 5.88 Å². The summed E-state index contributed by atoms with van der Waals surface area (Å²) in [6.07, 6.45) is 0.167. The molecule has 0 unspecified atom stereocenters. The lowest BCUT2D eigenvalue weighted by atomic mass is 10.1. The van der Waals surface area contributed by atoms with Crippen molar-refractivity contribution in [1.29, 1.82) is 0 Å². The van der Waals surface area contributed by atoms with Crippen LogP contribution in [0.2, 0.25) is 0 Å². The van der Waals surface area contributed by atoms with E-state index in [1.807, 2.05) is 0 Å². The number of para-hydroxylation sites is 1. The van der Waals surface area contributed by atoms with Gasteiger partial charge in [-0.15, -0.1) is 0 Å². The van der Waals surface area contributed by atoms with Crippen LogP contribution in [0.5, 0.6) is 5.88 Å². The Hall–Kier alpha value is -3.12. The van der Waals surface area contributed by atoms with Gasteiger partial charge < -0.3 is 10.2 Å². The smallest absolute Gasteiger partial charge is 0.335 e. The normalized spacial score (nSPS) is 10.7. The van der Waals surface area contributed by atoms with Crippen molar-refractivity contribution in [2.24, 2.45) is 0 Å². The Morgan fingerprint density at radius 1 is 0.917 bits per heavy atom. The average molecular weight is 324 g/mol. The maximum absolute atomic E-state index is 12.1. The van der Waals surface area contributed by atoms with Gasteiger partial charge >= 0.3 is 5.69 Å². The lowest BCUT2D eigenvalue weighted by Gasteiger charge is -2.11. The third kappa shape index (κ3) is 3.00. The molecule has 0 fully saturated rings. The van der Waals surface area contributed by atoms with Crippen molar-refractivity contribution in [2.75, 3.05) is 0 Å². The van der Waals surface area contributed by atoms with Gasteiger partial charge in [0.05, 0.1) is 17.9 Å². The number of hydrogen-bond donors (Lipinski definition) is 3. The second kappa shape index (κ2) is 6.55. The van der Waals surface area contributed by atoms with Crippen molar-refractivity contribution in [3.63, 3.8) is 0 Å². The van der Waals surface area contributed by atoms with Gasteiger partial charge in [-0.2, -0.15) is 0 Å². The fraction of sp³-hybridized carbons (Fsp3) is 0.111. The molecule has 24 heavy (non-hydrogen) atoms. The Morgan fingerprint density at radius 2 is 1.54 bits per heavy atom. The summed E-state index contributed by atoms with van der Waals surface area (Å²) in [5.41, 5.74) is 0.805. The molecular weight excluding hydrogens is 308 g/mol. The molecule has 0 bridgehead atoms. The van der Waals surface area contributed by atoms with Crippen LogP contribution in [-0.4, -0.2) is 19.8 Å². The van der Waals surface area contributed by atoms with E-state index in [9.17, 15) is 14.7 Å². The van der Waals surface area contributed by atoms with Crippen LogP contribution in [0.1, 0.15) is 16.7 Å². The maximum atomic E-state index is 12.1. The van der Waals surface area contributed by atoms with Crippen LogP contribution in [0, 0.1) is 0 Å². The SMILES string of the molecule is O=c1[nH]c(=O)n(-c2ccccc2)c(O)c1Cc1ccc(CO)cc1. The number of hydrogen-bond acceptors (Lipinski definition) is 4. The Bertz CT molecular complexity index is 957. The zero-order valence-electron chi connectivity index (χ0n) is 12.8. The van der Waals surface area contributed by atoms with Crippen molar-refractivity contribution in [2.45, 2.75) is 13.0 Å². The lowest BCUT2D eigenvalue weighted by Crippen LogP contribution is -2.31. The van der Waals surface area contributed by atoms with E-state index in [4.69, 9.17) is 5.11 Å². The topological polar surface area (TPSA) is 95.3 Å². The van der Waals surface area contributed by atoms with Crippen LogP contribution in [0.15, 0.2) is 64.2 Å². The molecule has 6 heteroatoms. The molecule has 0 saturated heterocycles. The van der Waals surface area contributed by atoms with E-state index in [2.05, 4.69) is 4.98 Å². The largest absolute Gasteiger partial charge is 0.494 e. The molecule has 0 amide bonds. The number of nitrogens with zero attached hydrogens (tertiary/aromatic N) is 1. The van der Waals surface area contributed by atoms with Crippen LogP contribution in [0.3, 0.4) is 0 Å². The third-order valence-electron chi connectivity index (χ3n) is 3.78. The number of aromatic hydroxyl groups is 1. The summed E-state index contributed by atoms with van der Waals surface area (Å²) in [6, 6.07) is 15.6. The van der Waals surface area contributed by atoms with Crippen molar-refractivity contribution >= 4 is 0 Å². The monoisotopic (exact) mass is 324 g/mol. The summed E-state index contributed by atoms with van der Waals surface area (Å²) in [7, 11) is 0. The van der Waals surface area contributed by atoms with Gasteiger partial charge in [-0.25, -0.2) is 9.36 Å². The zero-order chi connectivity index (χ0) is 17.1. The number of aliphatic hydroxyl groups excluding tert-OH is 1. The number of nitrogens with one attached hydrogen (secondary N) is 1. The summed E-state index contributed by atoms with van der Waals surface area (Å²) in [5, 5.41) is 19.5. The van der Waals surface area contributed by atoms with Crippen molar-refractivity contribution in [1.82, 2.24) is 9.55 Å². The number of rotatable bonds is 4. The van der Waals surface area contributed by atoms with E-state index >= 15 is 0 Å². The van der Waals surface area contributed by atoms with Gasteiger partial charge in [0.25, 0.3) is 5.56 Å². The van der Waals surface area contributed by atoms with Crippen molar-refractivity contribution in [3.05, 3.63) is 92.1 Å². The van der Waals surface area contributed by atoms with Gasteiger partial charge in [0.15, 0.2) is 0 Å². The Morgan fingerprint density at radius 3 is 2.17 bits per heavy atom. The maximum Gasteiger partial charge on any atom is 0.335 e. The summed E-state index contributed by atoms with van der Waals surface area (Å²) in [4.78, 5) is 26.4. The lowest BCUT2D eigenvalue weighted by molar-refractivity contribution is 0.282. The molecule has 0 atom stereocenters. The van der Waals surface area contributed by atoms with Gasteiger partial charge in [0.1, 0.15) is 0 Å². The first-order valence-corrected chi connectivity index (χ1v) is 7.41. The predicted molar refractivity (Wildman–Crippen MR) is 89.5 cm³/mol. The van der Waals surface area contributed by atoms with E-state index in [-0.39, 0.29) is 24.5 Å². The molecule has 0 aliphatic carbocycles. The molecule has 1 heterocycles. The molecular formula is C18H16N2O4. The zero-order valence-corrected chi connectivity index (χ0v) is 12.8. The molecule has 0 radical (unpaired) electrons. The van der Waals surface area contributed by atoms with Gasteiger partial charge in [0, 0.05) is 6.42 Å². The third-order valence-corrected chi connectivity index (χ3v) is 3.78. The molecule has 3 rings (SSSR count). The van der Waals surface area contributed by atoms with E-state index < -0.39 is 11.2 Å². The van der Waals surface area contributed by atoms with Crippen molar-refractivity contribution in [3.8, 4) is 11.6 Å². The predicted octanol–water partition coefficient (Wildman–Crippen LogP) is 1.31. The van der Waals surface area contributed by atoms with Gasteiger partial charge in [-0.1, -0.05) is 42.5 Å². The average Bonchev–Trinajstić information content (AvgIpc) is 2.60. The number of aliphatic hydroxyl groups is 1. The second-order valence-electron chi connectivity index (χ2n) is 5.38. The number of benzene rings is 2. The minimum absolute atomic E-state index is 0.0645. The van der Waals surface area contributed by atoms with E-state index in [0.717, 1.165) is 15.7 Å². The number of H-pyrrole nitrogens is 1. The number of aromatic nitrogens is 2. The van der Waals surface area contributed by atoms with E-state index in [1.54, 1.807) is 54.6 Å². The standard InChI is InChI=1S/C18H16N2O4/c21-11-13-8-6-12(7-9-13)10-15-16(22)19-18(24)20(17(15)23)14-4-2-1-3-5-14/h1-9,21,23H,10-11H2,(H,19,22,24). The van der Waals surface area contributed by atoms with E-state index in [0.29, 0.717) is 5.69 Å². The highest BCUT2D eigenvalue weighted by atomic mass is 16.3. The fourth-order valence-corrected chi connectivity index (χ4v) is 2.50. The van der Waals surface area contributed by atoms with Crippen molar-refractivity contribution < 1.29 is 10.2 Å². The first-order chi connectivity index (χ1) is 11.6. The van der Waals surface area contributed by atoms with Gasteiger partial charge in [-0.05, 0) is 23.3 Å². The van der Waals surface area contributed by atoms with Gasteiger partial charge in [-0.3, -0.25) is 9.78 Å². The molecule has 0 spiro atoms. The molecule has 3 N–H and O–H groups in total. The minimum atomic E-state index is -0.692. The van der Waals surface area contributed by atoms with Crippen LogP contribution < -0.4 is 11.2 Å². The quantitative estimate of drug-likeness (QED) is 0.674. The summed E-state index contributed by atoms with van der Waals surface area (Å²) >= 11 is 0. The first-order valence-electron chi connectivity index (χ1n) is 7.41. The highest BCUT2D eigenvalue weighted by molar-refractivity contribution is 5.40. The summed E-state index contributed by atoms with van der Waals surface area (Å²) in [6.45, 7) is -0.0645. The minimum Gasteiger partial charge on any atom is -0.494 e. The first kappa shape index (κ1) is 15.8. The highest BCUT2D eigenvalue weighted by Crippen LogP contribution is 2.19. The highest BCUT2D eigenvalue weighted by Gasteiger charge is 2.15. The Labute approximate surface area is 137 Å². The van der Waals surface area contributed by atoms with Crippen LogP contribution in [0.4, 0.5) is 0 Å². The molecule has 0 saturated carbocycles. The molecule has 122 valence electrons. The van der Waals surface area contributed by atoms with E-state index in [1.165, 1.54) is 0 Å². The molecule has 1 aromatic heterocycles. The Kier molecular flexibility index (Phi) is 4.31. The summed E-state index contributed by atoms with van der Waals surface area (Å²) < 4.78 is 1.07. The molecule has 0 aliphatic heterocycles. The number of aromatic amines is 1. The fourth-order valence-electron chi connectivity index (χ4n) is 2.50. The molecule has 0 aliphatic rings. The van der Waals surface area contributed by atoms with Crippen LogP contribution >= 0.6 is 0 Å². The molecule has 2 aromatic carbocycles. The molecule has 6 nitrogen and oxygen atoms in total. The molecule has 3 aromatic rings.